The molecule has 10 heteroatoms. The maximum Gasteiger partial charge on any atom is 0.338 e. The fourth-order valence-electron chi connectivity index (χ4n) is 6.22. The molecule has 11 unspecified atom stereocenters. The first-order chi connectivity index (χ1) is 21.2. The summed E-state index contributed by atoms with van der Waals surface area (Å²) in [5.41, 5.74) is 2.23. The highest BCUT2D eigenvalue weighted by molar-refractivity contribution is 5.89. The molecular weight excluding hydrogens is 556 g/mol. The van der Waals surface area contributed by atoms with E-state index in [1.807, 2.05) is 66.7 Å². The van der Waals surface area contributed by atoms with Gasteiger partial charge in [-0.25, -0.2) is 4.79 Å². The molecule has 0 aliphatic carbocycles. The van der Waals surface area contributed by atoms with Crippen LogP contribution in [0.15, 0.2) is 91.0 Å². The van der Waals surface area contributed by atoms with Crippen molar-refractivity contribution in [3.63, 3.8) is 0 Å². The maximum absolute atomic E-state index is 13.5. The minimum Gasteiger partial charge on any atom is -0.450 e. The second-order valence-corrected chi connectivity index (χ2v) is 11.3. The number of hydrogen-bond acceptors (Lipinski definition) is 10. The van der Waals surface area contributed by atoms with Gasteiger partial charge in [-0.15, -0.1) is 0 Å². The quantitative estimate of drug-likeness (QED) is 0.287. The highest BCUT2D eigenvalue weighted by atomic mass is 16.8. The van der Waals surface area contributed by atoms with Crippen molar-refractivity contribution in [1.29, 1.82) is 0 Å². The third-order valence-electron chi connectivity index (χ3n) is 8.44. The highest BCUT2D eigenvalue weighted by Gasteiger charge is 2.64. The van der Waals surface area contributed by atoms with Gasteiger partial charge in [0.05, 0.1) is 25.4 Å². The molecule has 3 aromatic rings. The van der Waals surface area contributed by atoms with E-state index in [-0.39, 0.29) is 37.8 Å². The smallest absolute Gasteiger partial charge is 0.338 e. The molecule has 0 amide bonds. The van der Waals surface area contributed by atoms with Gasteiger partial charge in [0.1, 0.15) is 42.7 Å². The van der Waals surface area contributed by atoms with Crippen molar-refractivity contribution in [1.82, 2.24) is 0 Å². The molecule has 0 N–H and O–H groups in total. The van der Waals surface area contributed by atoms with Gasteiger partial charge in [-0.3, -0.25) is 0 Å². The number of carbonyl (C=O) groups is 1. The lowest BCUT2D eigenvalue weighted by Gasteiger charge is -2.49. The number of benzene rings is 3. The molecule has 0 saturated carbocycles. The van der Waals surface area contributed by atoms with Gasteiger partial charge >= 0.3 is 5.97 Å². The summed E-state index contributed by atoms with van der Waals surface area (Å²) in [6.45, 7) is 0.879. The molecule has 5 heterocycles. The summed E-state index contributed by atoms with van der Waals surface area (Å²) in [5, 5.41) is 0. The largest absolute Gasteiger partial charge is 0.450 e. The van der Waals surface area contributed by atoms with Gasteiger partial charge in [0, 0.05) is 5.56 Å². The van der Waals surface area contributed by atoms with Crippen LogP contribution in [-0.4, -0.2) is 80.6 Å². The van der Waals surface area contributed by atoms with E-state index in [4.69, 9.17) is 42.6 Å². The Morgan fingerprint density at radius 2 is 1.40 bits per heavy atom. The highest BCUT2D eigenvalue weighted by Crippen LogP contribution is 2.45. The van der Waals surface area contributed by atoms with Crippen LogP contribution in [0.5, 0.6) is 0 Å². The van der Waals surface area contributed by atoms with Crippen molar-refractivity contribution < 1.29 is 47.4 Å². The maximum atomic E-state index is 13.5. The second-order valence-electron chi connectivity index (χ2n) is 11.3. The molecule has 2 bridgehead atoms. The van der Waals surface area contributed by atoms with E-state index in [1.54, 1.807) is 24.3 Å². The molecule has 5 aliphatic rings. The van der Waals surface area contributed by atoms with Gasteiger partial charge in [-0.2, -0.15) is 0 Å². The van der Waals surface area contributed by atoms with Gasteiger partial charge < -0.3 is 42.6 Å². The molecule has 8 rings (SSSR count). The van der Waals surface area contributed by atoms with E-state index < -0.39 is 49.1 Å². The Hall–Kier alpha value is -3.19. The van der Waals surface area contributed by atoms with Crippen LogP contribution in [0.1, 0.15) is 27.8 Å². The molecule has 0 radical (unpaired) electrons. The SMILES string of the molecule is O=C(OC1C(OC2C3COC(O3)C3OC23)OC2COC(c3ccccc3)OC2C1OCc1ccccc1)c1ccccc1. The third kappa shape index (κ3) is 5.50. The average Bonchev–Trinajstić information content (AvgIpc) is 3.75. The van der Waals surface area contributed by atoms with Crippen molar-refractivity contribution in [3.8, 4) is 0 Å². The molecule has 0 aromatic heterocycles. The van der Waals surface area contributed by atoms with Crippen LogP contribution >= 0.6 is 0 Å². The van der Waals surface area contributed by atoms with Crippen molar-refractivity contribution in [3.05, 3.63) is 108 Å². The summed E-state index contributed by atoms with van der Waals surface area (Å²) in [7, 11) is 0. The average molecular weight is 589 g/mol. The first-order valence-electron chi connectivity index (χ1n) is 14.7. The zero-order valence-electron chi connectivity index (χ0n) is 23.2. The van der Waals surface area contributed by atoms with Gasteiger partial charge in [-0.1, -0.05) is 78.9 Å². The van der Waals surface area contributed by atoms with Gasteiger partial charge in [0.15, 0.2) is 25.0 Å². The van der Waals surface area contributed by atoms with E-state index in [0.29, 0.717) is 12.2 Å². The van der Waals surface area contributed by atoms with Crippen LogP contribution in [0.3, 0.4) is 0 Å². The van der Waals surface area contributed by atoms with Crippen molar-refractivity contribution in [2.45, 2.75) is 74.3 Å². The number of ether oxygens (including phenoxy) is 9. The van der Waals surface area contributed by atoms with Crippen molar-refractivity contribution in [2.75, 3.05) is 13.2 Å². The van der Waals surface area contributed by atoms with Gasteiger partial charge in [-0.05, 0) is 17.7 Å². The fourth-order valence-corrected chi connectivity index (χ4v) is 6.22. The van der Waals surface area contributed by atoms with Crippen molar-refractivity contribution >= 4 is 5.97 Å². The van der Waals surface area contributed by atoms with E-state index >= 15 is 0 Å². The lowest BCUT2D eigenvalue weighted by molar-refractivity contribution is -0.374. The van der Waals surface area contributed by atoms with Crippen LogP contribution in [0, 0.1) is 0 Å². The summed E-state index contributed by atoms with van der Waals surface area (Å²) < 4.78 is 56.1. The minimum atomic E-state index is -1.01. The Balaban J connectivity index is 1.11. The number of epoxide rings is 1. The Labute approximate surface area is 248 Å². The number of esters is 1. The Morgan fingerprint density at radius 1 is 0.674 bits per heavy atom. The predicted octanol–water partition coefficient (Wildman–Crippen LogP) is 3.54. The second kappa shape index (κ2) is 11.7. The predicted molar refractivity (Wildman–Crippen MR) is 147 cm³/mol. The summed E-state index contributed by atoms with van der Waals surface area (Å²) in [6, 6.07) is 28.3. The standard InChI is InChI=1S/C33H32O10/c34-30(20-12-6-2-7-13-20)41-28-26(35-16-19-10-4-1-5-11-19)24-22(17-36-31(42-24)21-14-8-3-9-15-21)39-33(28)43-25-23-18-37-32(38-23)29-27(25)40-29/h1-15,22-29,31-33H,16-18H2. The summed E-state index contributed by atoms with van der Waals surface area (Å²) in [6.07, 6.45) is -6.12. The lowest BCUT2D eigenvalue weighted by atomic mass is 9.96. The number of rotatable bonds is 8. The minimum absolute atomic E-state index is 0.191. The third-order valence-corrected chi connectivity index (χ3v) is 8.44. The molecule has 0 spiro atoms. The van der Waals surface area contributed by atoms with E-state index in [9.17, 15) is 4.79 Å². The van der Waals surface area contributed by atoms with Crippen LogP contribution in [0.4, 0.5) is 0 Å². The molecule has 3 aromatic carbocycles. The summed E-state index contributed by atoms with van der Waals surface area (Å²) in [4.78, 5) is 13.5. The fraction of sp³-hybridized carbons (Fsp3) is 0.424. The Kier molecular flexibility index (Phi) is 7.46. The van der Waals surface area contributed by atoms with Gasteiger partial charge in [0.2, 0.25) is 0 Å². The van der Waals surface area contributed by atoms with Gasteiger partial charge in [0.25, 0.3) is 0 Å². The summed E-state index contributed by atoms with van der Waals surface area (Å²) in [5.74, 6) is -0.522. The molecule has 5 fully saturated rings. The van der Waals surface area contributed by atoms with Crippen LogP contribution < -0.4 is 0 Å². The molecule has 5 aliphatic heterocycles. The molecular formula is C33H32O10. The zero-order valence-corrected chi connectivity index (χ0v) is 23.2. The van der Waals surface area contributed by atoms with Crippen LogP contribution in [0.2, 0.25) is 0 Å². The number of carbonyl (C=O) groups excluding carboxylic acids is 1. The molecule has 11 atom stereocenters. The first kappa shape index (κ1) is 27.4. The molecule has 43 heavy (non-hydrogen) atoms. The normalized spacial score (nSPS) is 37.6. The Morgan fingerprint density at radius 3 is 2.19 bits per heavy atom. The van der Waals surface area contributed by atoms with Crippen molar-refractivity contribution in [2.24, 2.45) is 0 Å². The molecule has 5 saturated heterocycles. The lowest BCUT2D eigenvalue weighted by Crippen LogP contribution is -2.65. The monoisotopic (exact) mass is 588 g/mol. The Bertz CT molecular complexity index is 1390. The van der Waals surface area contributed by atoms with E-state index in [2.05, 4.69) is 0 Å². The molecule has 10 nitrogen and oxygen atoms in total. The van der Waals surface area contributed by atoms with E-state index in [1.165, 1.54) is 0 Å². The first-order valence-corrected chi connectivity index (χ1v) is 14.7. The van der Waals surface area contributed by atoms with Crippen LogP contribution in [-0.2, 0) is 49.2 Å². The zero-order chi connectivity index (χ0) is 28.8. The number of fused-ring (bicyclic) bond motifs is 5. The number of hydrogen-bond donors (Lipinski definition) is 0. The van der Waals surface area contributed by atoms with Crippen LogP contribution in [0.25, 0.3) is 0 Å². The molecule has 224 valence electrons. The topological polar surface area (TPSA) is 103 Å². The summed E-state index contributed by atoms with van der Waals surface area (Å²) >= 11 is 0. The van der Waals surface area contributed by atoms with E-state index in [0.717, 1.165) is 11.1 Å².